The molecular weight excluding hydrogens is 213 g/mol. The monoisotopic (exact) mass is 227 g/mol. The molecule has 5 nitrogen and oxygen atoms in total. The fraction of sp³-hybridized carbons (Fsp3) is 1.00. The molecule has 11 heavy (non-hydrogen) atoms. The second kappa shape index (κ2) is 5.80. The summed E-state index contributed by atoms with van der Waals surface area (Å²) in [5, 5.41) is 3.16. The van der Waals surface area contributed by atoms with E-state index in [0.717, 1.165) is 32.0 Å². The van der Waals surface area contributed by atoms with E-state index in [-0.39, 0.29) is 0 Å². The molecule has 6 heteroatoms. The van der Waals surface area contributed by atoms with Crippen LogP contribution in [0.1, 0.15) is 0 Å². The Kier molecular flexibility index (Phi) is 5.90. The molecule has 68 valence electrons. The summed E-state index contributed by atoms with van der Waals surface area (Å²) >= 11 is -4.12. The van der Waals surface area contributed by atoms with Crippen molar-refractivity contribution in [1.29, 1.82) is 0 Å². The van der Waals surface area contributed by atoms with Crippen molar-refractivity contribution in [3.63, 3.8) is 0 Å². The van der Waals surface area contributed by atoms with Gasteiger partial charge in [0.05, 0.1) is 13.2 Å². The molecule has 0 aromatic carbocycles. The van der Waals surface area contributed by atoms with Gasteiger partial charge in [-0.3, -0.25) is 0 Å². The first kappa shape index (κ1) is 11.2. The molecular formula is C5H14AsNO4. The SMILES string of the molecule is C1COCCN1.C[As](=O)(O)O. The Morgan fingerprint density at radius 2 is 1.73 bits per heavy atom. The summed E-state index contributed by atoms with van der Waals surface area (Å²) in [5.74, 6) is 0. The van der Waals surface area contributed by atoms with Crippen molar-refractivity contribution in [2.75, 3.05) is 26.3 Å². The molecule has 1 heterocycles. The van der Waals surface area contributed by atoms with Crippen LogP contribution in [0.5, 0.6) is 0 Å². The molecule has 0 atom stereocenters. The number of hydrogen-bond acceptors (Lipinski definition) is 3. The first-order valence-electron chi connectivity index (χ1n) is 3.31. The van der Waals surface area contributed by atoms with Crippen molar-refractivity contribution in [2.24, 2.45) is 0 Å². The van der Waals surface area contributed by atoms with Gasteiger partial charge in [0, 0.05) is 13.1 Å². The zero-order valence-electron chi connectivity index (χ0n) is 6.49. The number of ether oxygens (including phenoxy) is 1. The molecule has 1 rings (SSSR count). The fourth-order valence-electron chi connectivity index (χ4n) is 0.516. The van der Waals surface area contributed by atoms with Crippen molar-refractivity contribution >= 4 is 14.2 Å². The van der Waals surface area contributed by atoms with Gasteiger partial charge in [0.15, 0.2) is 0 Å². The Morgan fingerprint density at radius 3 is 1.82 bits per heavy atom. The molecule has 0 aromatic rings. The van der Waals surface area contributed by atoms with Crippen LogP contribution in [0.25, 0.3) is 0 Å². The molecule has 1 saturated heterocycles. The van der Waals surface area contributed by atoms with E-state index in [2.05, 4.69) is 5.32 Å². The Bertz CT molecular complexity index is 111. The third-order valence-electron chi connectivity index (χ3n) is 0.846. The first-order chi connectivity index (χ1) is 5.00. The van der Waals surface area contributed by atoms with Crippen LogP contribution >= 0.6 is 0 Å². The fourth-order valence-corrected chi connectivity index (χ4v) is 0.516. The zero-order valence-corrected chi connectivity index (χ0v) is 8.36. The summed E-state index contributed by atoms with van der Waals surface area (Å²) in [4.78, 5) is 0. The van der Waals surface area contributed by atoms with Crippen molar-refractivity contribution in [3.8, 4) is 0 Å². The van der Waals surface area contributed by atoms with Crippen molar-refractivity contribution < 1.29 is 16.7 Å². The summed E-state index contributed by atoms with van der Waals surface area (Å²) < 4.78 is 29.8. The minimum atomic E-state index is -4.12. The Balaban J connectivity index is 0.000000187. The van der Waals surface area contributed by atoms with Gasteiger partial charge < -0.3 is 10.1 Å². The van der Waals surface area contributed by atoms with Crippen LogP contribution in [0.15, 0.2) is 0 Å². The standard InChI is InChI=1S/C4H9NO.CH5AsO3/c1-3-6-4-2-5-1;1-2(3,4)5/h5H,1-4H2;1H3,(H2,3,4,5). The van der Waals surface area contributed by atoms with Crippen LogP contribution in [-0.2, 0) is 8.48 Å². The van der Waals surface area contributed by atoms with E-state index in [1.54, 1.807) is 0 Å². The van der Waals surface area contributed by atoms with E-state index in [9.17, 15) is 3.74 Å². The number of nitrogens with one attached hydrogen (secondary N) is 1. The third-order valence-corrected chi connectivity index (χ3v) is 0.846. The molecule has 0 radical (unpaired) electrons. The second-order valence-electron chi connectivity index (χ2n) is 2.20. The summed E-state index contributed by atoms with van der Waals surface area (Å²) in [6.45, 7) is 3.83. The molecule has 0 aliphatic carbocycles. The predicted molar refractivity (Wildman–Crippen MR) is 40.4 cm³/mol. The maximum absolute atomic E-state index is 9.39. The Labute approximate surface area is 68.7 Å². The van der Waals surface area contributed by atoms with Crippen LogP contribution in [0.3, 0.4) is 0 Å². The van der Waals surface area contributed by atoms with E-state index in [4.69, 9.17) is 12.9 Å². The summed E-state index contributed by atoms with van der Waals surface area (Å²) in [6.07, 6.45) is 0. The summed E-state index contributed by atoms with van der Waals surface area (Å²) in [5.41, 5.74) is 0.915. The van der Waals surface area contributed by atoms with Crippen LogP contribution in [-0.4, -0.2) is 48.7 Å². The van der Waals surface area contributed by atoms with Gasteiger partial charge in [-0.05, 0) is 0 Å². The van der Waals surface area contributed by atoms with Gasteiger partial charge in [0.2, 0.25) is 0 Å². The van der Waals surface area contributed by atoms with Crippen LogP contribution in [0.2, 0.25) is 5.71 Å². The van der Waals surface area contributed by atoms with Crippen molar-refractivity contribution in [2.45, 2.75) is 5.71 Å². The van der Waals surface area contributed by atoms with Crippen LogP contribution in [0, 0.1) is 0 Å². The molecule has 0 amide bonds. The Hall–Kier alpha value is 0.198. The molecule has 1 aliphatic rings. The average Bonchev–Trinajstić information content (AvgIpc) is 1.88. The maximum atomic E-state index is 9.39. The van der Waals surface area contributed by atoms with Gasteiger partial charge in [-0.15, -0.1) is 0 Å². The minimum absolute atomic E-state index is 0.889. The van der Waals surface area contributed by atoms with Gasteiger partial charge in [0.1, 0.15) is 0 Å². The second-order valence-corrected chi connectivity index (χ2v) is 5.70. The molecule has 3 N–H and O–H groups in total. The van der Waals surface area contributed by atoms with Crippen LogP contribution < -0.4 is 5.32 Å². The third kappa shape index (κ3) is 17.8. The van der Waals surface area contributed by atoms with Gasteiger partial charge in [-0.25, -0.2) is 0 Å². The number of morpholine rings is 1. The zero-order chi connectivity index (χ0) is 8.74. The summed E-state index contributed by atoms with van der Waals surface area (Å²) in [6, 6.07) is 0. The van der Waals surface area contributed by atoms with Gasteiger partial charge in [-0.2, -0.15) is 0 Å². The van der Waals surface area contributed by atoms with Crippen molar-refractivity contribution in [1.82, 2.24) is 5.32 Å². The van der Waals surface area contributed by atoms with Crippen LogP contribution in [0.4, 0.5) is 0 Å². The molecule has 1 aliphatic heterocycles. The Morgan fingerprint density at radius 1 is 1.36 bits per heavy atom. The molecule has 1 fully saturated rings. The van der Waals surface area contributed by atoms with E-state index < -0.39 is 14.2 Å². The van der Waals surface area contributed by atoms with Gasteiger partial charge >= 0.3 is 31.8 Å². The first-order valence-corrected chi connectivity index (χ1v) is 7.64. The average molecular weight is 227 g/mol. The molecule has 0 unspecified atom stereocenters. The normalized spacial score (nSPS) is 18.5. The van der Waals surface area contributed by atoms with Gasteiger partial charge in [0.25, 0.3) is 0 Å². The van der Waals surface area contributed by atoms with E-state index in [0.29, 0.717) is 0 Å². The van der Waals surface area contributed by atoms with E-state index >= 15 is 0 Å². The van der Waals surface area contributed by atoms with Crippen molar-refractivity contribution in [3.05, 3.63) is 0 Å². The molecule has 0 aromatic heterocycles. The molecule has 0 bridgehead atoms. The van der Waals surface area contributed by atoms with E-state index in [1.807, 2.05) is 0 Å². The predicted octanol–water partition coefficient (Wildman–Crippen LogP) is -1.42. The molecule has 0 saturated carbocycles. The topological polar surface area (TPSA) is 78.8 Å². The quantitative estimate of drug-likeness (QED) is 0.442. The number of hydrogen-bond donors (Lipinski definition) is 3. The molecule has 0 spiro atoms. The van der Waals surface area contributed by atoms with Gasteiger partial charge in [-0.1, -0.05) is 0 Å². The summed E-state index contributed by atoms with van der Waals surface area (Å²) in [7, 11) is 0. The van der Waals surface area contributed by atoms with E-state index in [1.165, 1.54) is 0 Å². The number of rotatable bonds is 0.